The number of phenolic OH excluding ortho intramolecular Hbond substituents is 1. The van der Waals surface area contributed by atoms with Gasteiger partial charge in [0.05, 0.1) is 24.6 Å². The zero-order valence-corrected chi connectivity index (χ0v) is 13.4. The Labute approximate surface area is 138 Å². The predicted octanol–water partition coefficient (Wildman–Crippen LogP) is 4.63. The number of aromatic hydroxyl groups is 1. The van der Waals surface area contributed by atoms with Gasteiger partial charge in [0.25, 0.3) is 0 Å². The molecule has 2 rings (SSSR count). The molecule has 0 amide bonds. The quantitative estimate of drug-likeness (QED) is 0.593. The van der Waals surface area contributed by atoms with E-state index in [0.29, 0.717) is 10.0 Å². The fraction of sp³-hybridized carbons (Fsp3) is 0.133. The summed E-state index contributed by atoms with van der Waals surface area (Å²) < 4.78 is 44.1. The van der Waals surface area contributed by atoms with E-state index < -0.39 is 11.7 Å². The van der Waals surface area contributed by atoms with Crippen LogP contribution in [0.1, 0.15) is 11.1 Å². The van der Waals surface area contributed by atoms with Crippen LogP contribution < -0.4 is 10.2 Å². The molecule has 23 heavy (non-hydrogen) atoms. The number of benzene rings is 2. The molecule has 0 radical (unpaired) electrons. The highest BCUT2D eigenvalue weighted by atomic mass is 79.9. The summed E-state index contributed by atoms with van der Waals surface area (Å²) in [4.78, 5) is 0. The number of nitrogens with one attached hydrogen (secondary N) is 1. The van der Waals surface area contributed by atoms with Crippen LogP contribution in [0.25, 0.3) is 0 Å². The van der Waals surface area contributed by atoms with Crippen LogP contribution in [0.5, 0.6) is 11.5 Å². The molecule has 0 saturated carbocycles. The van der Waals surface area contributed by atoms with Crippen molar-refractivity contribution >= 4 is 27.8 Å². The smallest absolute Gasteiger partial charge is 0.418 e. The van der Waals surface area contributed by atoms with E-state index >= 15 is 0 Å². The number of hydrazone groups is 1. The lowest BCUT2D eigenvalue weighted by Gasteiger charge is -2.11. The van der Waals surface area contributed by atoms with Crippen LogP contribution in [0.15, 0.2) is 46.0 Å². The Balaban J connectivity index is 2.22. The number of anilines is 1. The maximum absolute atomic E-state index is 12.9. The average Bonchev–Trinajstić information content (AvgIpc) is 2.49. The molecule has 0 aliphatic rings. The number of ether oxygens (including phenoxy) is 1. The van der Waals surface area contributed by atoms with Gasteiger partial charge in [-0.2, -0.15) is 18.3 Å². The Bertz CT molecular complexity index is 733. The summed E-state index contributed by atoms with van der Waals surface area (Å²) in [6.45, 7) is 0. The summed E-state index contributed by atoms with van der Waals surface area (Å²) in [7, 11) is 1.41. The molecule has 8 heteroatoms. The van der Waals surface area contributed by atoms with Crippen LogP contribution in [-0.4, -0.2) is 18.4 Å². The number of methoxy groups -OCH3 is 1. The van der Waals surface area contributed by atoms with Crippen LogP contribution in [0, 0.1) is 0 Å². The average molecular weight is 389 g/mol. The molecule has 0 spiro atoms. The first-order valence-corrected chi connectivity index (χ1v) is 7.14. The summed E-state index contributed by atoms with van der Waals surface area (Å²) in [5.41, 5.74) is 1.86. The van der Waals surface area contributed by atoms with E-state index in [4.69, 9.17) is 4.74 Å². The standard InChI is InChI=1S/C15H12BrF3N2O2/c1-23-14-7-11(16)9(6-13(14)22)8-20-21-12-5-3-2-4-10(12)15(17,18)19/h2-8,21-22H,1H3/b20-8-. The Morgan fingerprint density at radius 1 is 1.26 bits per heavy atom. The molecule has 0 heterocycles. The monoisotopic (exact) mass is 388 g/mol. The number of phenols is 1. The molecule has 0 aromatic heterocycles. The predicted molar refractivity (Wildman–Crippen MR) is 85.0 cm³/mol. The maximum atomic E-state index is 12.9. The highest BCUT2D eigenvalue weighted by Crippen LogP contribution is 2.35. The summed E-state index contributed by atoms with van der Waals surface area (Å²) in [6.07, 6.45) is -3.19. The molecule has 2 aromatic rings. The van der Waals surface area contributed by atoms with Crippen molar-refractivity contribution in [3.8, 4) is 11.5 Å². The third kappa shape index (κ3) is 4.16. The summed E-state index contributed by atoms with van der Waals surface area (Å²) in [5, 5.41) is 13.5. The fourth-order valence-corrected chi connectivity index (χ4v) is 2.25. The minimum atomic E-state index is -4.47. The van der Waals surface area contributed by atoms with Crippen molar-refractivity contribution in [1.29, 1.82) is 0 Å². The van der Waals surface area contributed by atoms with E-state index in [1.165, 1.54) is 43.7 Å². The minimum absolute atomic E-state index is 0.104. The Morgan fingerprint density at radius 3 is 2.61 bits per heavy atom. The van der Waals surface area contributed by atoms with Gasteiger partial charge in [-0.1, -0.05) is 12.1 Å². The first kappa shape index (κ1) is 17.1. The van der Waals surface area contributed by atoms with Gasteiger partial charge >= 0.3 is 6.18 Å². The first-order valence-electron chi connectivity index (χ1n) is 6.34. The third-order valence-corrected chi connectivity index (χ3v) is 3.61. The SMILES string of the molecule is COc1cc(Br)c(/C=N\Nc2ccccc2C(F)(F)F)cc1O. The number of alkyl halides is 3. The van der Waals surface area contributed by atoms with E-state index in [0.717, 1.165) is 6.07 Å². The molecule has 0 aliphatic carbocycles. The first-order chi connectivity index (χ1) is 10.8. The van der Waals surface area contributed by atoms with E-state index in [9.17, 15) is 18.3 Å². The van der Waals surface area contributed by atoms with Gasteiger partial charge in [-0.3, -0.25) is 5.43 Å². The number of hydrogen-bond donors (Lipinski definition) is 2. The zero-order chi connectivity index (χ0) is 17.0. The third-order valence-electron chi connectivity index (χ3n) is 2.92. The van der Waals surface area contributed by atoms with Crippen LogP contribution in [0.3, 0.4) is 0 Å². The van der Waals surface area contributed by atoms with Crippen LogP contribution in [0.4, 0.5) is 18.9 Å². The lowest BCUT2D eigenvalue weighted by atomic mass is 10.2. The lowest BCUT2D eigenvalue weighted by molar-refractivity contribution is -0.136. The summed E-state index contributed by atoms with van der Waals surface area (Å²) in [6, 6.07) is 7.93. The van der Waals surface area contributed by atoms with Crippen molar-refractivity contribution in [3.63, 3.8) is 0 Å². The van der Waals surface area contributed by atoms with Gasteiger partial charge < -0.3 is 9.84 Å². The highest BCUT2D eigenvalue weighted by molar-refractivity contribution is 9.10. The van der Waals surface area contributed by atoms with E-state index in [2.05, 4.69) is 26.5 Å². The summed E-state index contributed by atoms with van der Waals surface area (Å²) >= 11 is 3.26. The molecule has 0 fully saturated rings. The highest BCUT2D eigenvalue weighted by Gasteiger charge is 2.33. The molecule has 2 N–H and O–H groups in total. The molecule has 0 aliphatic heterocycles. The van der Waals surface area contributed by atoms with Crippen molar-refractivity contribution in [3.05, 3.63) is 52.0 Å². The van der Waals surface area contributed by atoms with Crippen molar-refractivity contribution in [2.45, 2.75) is 6.18 Å². The minimum Gasteiger partial charge on any atom is -0.504 e. The second-order valence-electron chi connectivity index (χ2n) is 4.46. The normalized spacial score (nSPS) is 11.7. The van der Waals surface area contributed by atoms with Crippen LogP contribution in [-0.2, 0) is 6.18 Å². The van der Waals surface area contributed by atoms with Crippen molar-refractivity contribution in [1.82, 2.24) is 0 Å². The number of hydrogen-bond acceptors (Lipinski definition) is 4. The second kappa shape index (κ2) is 6.91. The van der Waals surface area contributed by atoms with Gasteiger partial charge in [0.2, 0.25) is 0 Å². The molecule has 0 bridgehead atoms. The Morgan fingerprint density at radius 2 is 1.96 bits per heavy atom. The molecule has 2 aromatic carbocycles. The molecular formula is C15H12BrF3N2O2. The Kier molecular flexibility index (Phi) is 5.15. The maximum Gasteiger partial charge on any atom is 0.418 e. The van der Waals surface area contributed by atoms with Crippen LogP contribution in [0.2, 0.25) is 0 Å². The van der Waals surface area contributed by atoms with Crippen molar-refractivity contribution < 1.29 is 23.0 Å². The fourth-order valence-electron chi connectivity index (χ4n) is 1.82. The molecular weight excluding hydrogens is 377 g/mol. The topological polar surface area (TPSA) is 53.8 Å². The van der Waals surface area contributed by atoms with E-state index in [1.54, 1.807) is 0 Å². The second-order valence-corrected chi connectivity index (χ2v) is 5.31. The number of nitrogens with zero attached hydrogens (tertiary/aromatic N) is 1. The van der Waals surface area contributed by atoms with Gasteiger partial charge in [0.15, 0.2) is 11.5 Å². The van der Waals surface area contributed by atoms with Gasteiger partial charge in [-0.05, 0) is 40.2 Å². The number of halogens is 4. The lowest BCUT2D eigenvalue weighted by Crippen LogP contribution is -2.08. The summed E-state index contributed by atoms with van der Waals surface area (Å²) in [5.74, 6) is 0.164. The molecule has 0 saturated heterocycles. The molecule has 0 unspecified atom stereocenters. The van der Waals surface area contributed by atoms with Gasteiger partial charge in [0, 0.05) is 10.0 Å². The van der Waals surface area contributed by atoms with Crippen molar-refractivity contribution in [2.24, 2.45) is 5.10 Å². The van der Waals surface area contributed by atoms with Crippen LogP contribution >= 0.6 is 15.9 Å². The Hall–Kier alpha value is -2.22. The van der Waals surface area contributed by atoms with Gasteiger partial charge in [0.1, 0.15) is 0 Å². The van der Waals surface area contributed by atoms with E-state index in [-0.39, 0.29) is 17.2 Å². The molecule has 0 atom stereocenters. The van der Waals surface area contributed by atoms with E-state index in [1.807, 2.05) is 0 Å². The molecule has 4 nitrogen and oxygen atoms in total. The largest absolute Gasteiger partial charge is 0.504 e. The van der Waals surface area contributed by atoms with Gasteiger partial charge in [-0.15, -0.1) is 0 Å². The van der Waals surface area contributed by atoms with Gasteiger partial charge in [-0.25, -0.2) is 0 Å². The van der Waals surface area contributed by atoms with Crippen molar-refractivity contribution in [2.75, 3.05) is 12.5 Å². The zero-order valence-electron chi connectivity index (χ0n) is 11.9. The molecule has 122 valence electrons. The number of para-hydroxylation sites is 1. The number of rotatable bonds is 4.